The molecule has 40 valence electrons. The molecule has 0 bridgehead atoms. The van der Waals surface area contributed by atoms with Gasteiger partial charge < -0.3 is 0 Å². The van der Waals surface area contributed by atoms with Gasteiger partial charge in [0.05, 0.1) is 0 Å². The van der Waals surface area contributed by atoms with Gasteiger partial charge in [0.15, 0.2) is 0 Å². The van der Waals surface area contributed by atoms with Crippen LogP contribution in [-0.4, -0.2) is 12.3 Å². The molecule has 0 spiro atoms. The SMILES string of the molecule is CB(Cl)CB(C)Cl. The summed E-state index contributed by atoms with van der Waals surface area (Å²) in [5.41, 5.74) is 0. The van der Waals surface area contributed by atoms with Crippen molar-refractivity contribution in [3.8, 4) is 0 Å². The van der Waals surface area contributed by atoms with Gasteiger partial charge in [-0.2, -0.15) is 22.9 Å². The molecule has 0 aliphatic heterocycles. The van der Waals surface area contributed by atoms with Crippen molar-refractivity contribution in [2.24, 2.45) is 0 Å². The maximum Gasteiger partial charge on any atom is 0.241 e. The Balaban J connectivity index is 2.95. The molecule has 7 heavy (non-hydrogen) atoms. The summed E-state index contributed by atoms with van der Waals surface area (Å²) in [5.74, 6) is 0. The zero-order valence-corrected chi connectivity index (χ0v) is 6.13. The predicted molar refractivity (Wildman–Crippen MR) is 39.7 cm³/mol. The fourth-order valence-electron chi connectivity index (χ4n) is 0.448. The minimum Gasteiger partial charge on any atom is -0.197 e. The van der Waals surface area contributed by atoms with Crippen LogP contribution in [0.1, 0.15) is 0 Å². The molecule has 0 N–H and O–H groups in total. The third-order valence-corrected chi connectivity index (χ3v) is 1.01. The van der Waals surface area contributed by atoms with Gasteiger partial charge in [0.25, 0.3) is 0 Å². The fourth-order valence-corrected chi connectivity index (χ4v) is 1.07. The van der Waals surface area contributed by atoms with Crippen LogP contribution in [0, 0.1) is 0 Å². The van der Waals surface area contributed by atoms with Crippen LogP contribution in [0.15, 0.2) is 0 Å². The van der Waals surface area contributed by atoms with Crippen molar-refractivity contribution in [2.45, 2.75) is 19.9 Å². The molecular formula is C3H8B2Cl2. The van der Waals surface area contributed by atoms with Gasteiger partial charge >= 0.3 is 0 Å². The standard InChI is InChI=1S/C3H8B2Cl2/c1-4(6)3-5(2)7/h3H2,1-2H3. The Kier molecular flexibility index (Phi) is 4.05. The lowest BCUT2D eigenvalue weighted by Crippen LogP contribution is -2.06. The summed E-state index contributed by atoms with van der Waals surface area (Å²) in [4.78, 5) is 0. The molecule has 4 heteroatoms. The summed E-state index contributed by atoms with van der Waals surface area (Å²) in [6.07, 6.45) is 1.32. The molecule has 0 amide bonds. The Bertz CT molecular complexity index is 40.2. The first-order valence-corrected chi connectivity index (χ1v) is 3.28. The number of rotatable bonds is 2. The molecule has 0 atom stereocenters. The predicted octanol–water partition coefficient (Wildman–Crippen LogP) is 2.25. The molecule has 0 unspecified atom stereocenters. The van der Waals surface area contributed by atoms with Gasteiger partial charge in [0.1, 0.15) is 0 Å². The van der Waals surface area contributed by atoms with Crippen molar-refractivity contribution in [2.75, 3.05) is 0 Å². The molecule has 0 heterocycles. The van der Waals surface area contributed by atoms with E-state index in [1.165, 1.54) is 0 Å². The molecule has 0 radical (unpaired) electrons. The molecule has 0 nitrogen and oxygen atoms in total. The lowest BCUT2D eigenvalue weighted by Gasteiger charge is -1.94. The van der Waals surface area contributed by atoms with E-state index in [1.807, 2.05) is 13.6 Å². The largest absolute Gasteiger partial charge is 0.241 e. The quantitative estimate of drug-likeness (QED) is 0.511. The maximum atomic E-state index is 5.59. The van der Waals surface area contributed by atoms with Crippen LogP contribution in [0.4, 0.5) is 0 Å². The highest BCUT2D eigenvalue weighted by atomic mass is 35.5. The van der Waals surface area contributed by atoms with Crippen LogP contribution in [0.25, 0.3) is 0 Å². The van der Waals surface area contributed by atoms with E-state index in [0.29, 0.717) is 0 Å². The highest BCUT2D eigenvalue weighted by Crippen LogP contribution is 2.03. The normalized spacial score (nSPS) is 8.57. The fraction of sp³-hybridized carbons (Fsp3) is 1.00. The van der Waals surface area contributed by atoms with Gasteiger partial charge in [0, 0.05) is 0 Å². The molecule has 0 aliphatic rings. The Morgan fingerprint density at radius 2 is 1.43 bits per heavy atom. The van der Waals surface area contributed by atoms with Crippen molar-refractivity contribution in [3.63, 3.8) is 0 Å². The number of hydrogen-bond acceptors (Lipinski definition) is 0. The number of halogens is 2. The van der Waals surface area contributed by atoms with E-state index in [0.717, 1.165) is 6.22 Å². The topological polar surface area (TPSA) is 0 Å². The molecule has 0 aromatic heterocycles. The zero-order chi connectivity index (χ0) is 5.86. The van der Waals surface area contributed by atoms with Crippen LogP contribution < -0.4 is 0 Å². The smallest absolute Gasteiger partial charge is 0.197 e. The second kappa shape index (κ2) is 3.68. The van der Waals surface area contributed by atoms with E-state index in [2.05, 4.69) is 0 Å². The van der Waals surface area contributed by atoms with Crippen LogP contribution >= 0.6 is 22.9 Å². The summed E-state index contributed by atoms with van der Waals surface area (Å²) < 4.78 is 0. The van der Waals surface area contributed by atoms with Gasteiger partial charge in [0.2, 0.25) is 12.3 Å². The summed E-state index contributed by atoms with van der Waals surface area (Å²) in [6, 6.07) is 0. The Morgan fingerprint density at radius 3 is 1.43 bits per heavy atom. The summed E-state index contributed by atoms with van der Waals surface area (Å²) in [5, 5.41) is 0. The molecule has 0 saturated carbocycles. The van der Waals surface area contributed by atoms with Crippen molar-refractivity contribution >= 4 is 35.2 Å². The van der Waals surface area contributed by atoms with Gasteiger partial charge in [-0.3, -0.25) is 0 Å². The van der Waals surface area contributed by atoms with E-state index in [1.54, 1.807) is 0 Å². The third kappa shape index (κ3) is 6.71. The first kappa shape index (κ1) is 7.71. The third-order valence-electron chi connectivity index (χ3n) is 0.650. The van der Waals surface area contributed by atoms with Crippen LogP contribution in [-0.2, 0) is 0 Å². The second-order valence-corrected chi connectivity index (χ2v) is 3.29. The van der Waals surface area contributed by atoms with E-state index in [9.17, 15) is 0 Å². The van der Waals surface area contributed by atoms with Crippen LogP contribution in [0.2, 0.25) is 19.9 Å². The highest BCUT2D eigenvalue weighted by molar-refractivity contribution is 7.18. The molecule has 0 fully saturated rings. The minimum atomic E-state index is 0.215. The zero-order valence-electron chi connectivity index (χ0n) is 4.62. The van der Waals surface area contributed by atoms with Crippen molar-refractivity contribution < 1.29 is 0 Å². The molecule has 0 rings (SSSR count). The average Bonchev–Trinajstić information content (AvgIpc) is 1.27. The van der Waals surface area contributed by atoms with E-state index in [4.69, 9.17) is 22.9 Å². The second-order valence-electron chi connectivity index (χ2n) is 1.80. The molecule has 0 aromatic rings. The van der Waals surface area contributed by atoms with Gasteiger partial charge in [-0.1, -0.05) is 19.9 Å². The van der Waals surface area contributed by atoms with Gasteiger partial charge in [-0.25, -0.2) is 0 Å². The Morgan fingerprint density at radius 1 is 1.14 bits per heavy atom. The Hall–Kier alpha value is 0.710. The summed E-state index contributed by atoms with van der Waals surface area (Å²) >= 11 is 11.2. The van der Waals surface area contributed by atoms with Crippen LogP contribution in [0.5, 0.6) is 0 Å². The van der Waals surface area contributed by atoms with Gasteiger partial charge in [-0.15, -0.1) is 0 Å². The minimum absolute atomic E-state index is 0.215. The van der Waals surface area contributed by atoms with Gasteiger partial charge in [-0.05, 0) is 0 Å². The molecule has 0 aliphatic carbocycles. The van der Waals surface area contributed by atoms with Crippen molar-refractivity contribution in [3.05, 3.63) is 0 Å². The molecular weight excluding hydrogens is 129 g/mol. The first-order chi connectivity index (χ1) is 3.13. The van der Waals surface area contributed by atoms with E-state index in [-0.39, 0.29) is 12.3 Å². The maximum absolute atomic E-state index is 5.59. The Labute approximate surface area is 55.6 Å². The van der Waals surface area contributed by atoms with Crippen molar-refractivity contribution in [1.82, 2.24) is 0 Å². The summed E-state index contributed by atoms with van der Waals surface area (Å²) in [7, 11) is 0. The monoisotopic (exact) mass is 136 g/mol. The summed E-state index contributed by atoms with van der Waals surface area (Å²) in [6.45, 7) is 3.89. The van der Waals surface area contributed by atoms with E-state index < -0.39 is 0 Å². The molecule has 0 aromatic carbocycles. The van der Waals surface area contributed by atoms with Crippen LogP contribution in [0.3, 0.4) is 0 Å². The molecule has 0 saturated heterocycles. The number of hydrogen-bond donors (Lipinski definition) is 0. The van der Waals surface area contributed by atoms with E-state index >= 15 is 0 Å². The first-order valence-electron chi connectivity index (χ1n) is 2.41. The average molecular weight is 137 g/mol. The lowest BCUT2D eigenvalue weighted by molar-refractivity contribution is 1.87. The highest BCUT2D eigenvalue weighted by Gasteiger charge is 2.08. The van der Waals surface area contributed by atoms with Crippen molar-refractivity contribution in [1.29, 1.82) is 0 Å². The lowest BCUT2D eigenvalue weighted by atomic mass is 9.55.